The lowest BCUT2D eigenvalue weighted by Crippen LogP contribution is -2.30. The molecule has 0 N–H and O–H groups in total. The van der Waals surface area contributed by atoms with Gasteiger partial charge in [-0.1, -0.05) is 39.8 Å². The molecule has 1 amide bonds. The molecular weight excluding hydrogens is 433 g/mol. The van der Waals surface area contributed by atoms with Crippen LogP contribution in [0.3, 0.4) is 0 Å². The Bertz CT molecular complexity index is 902. The molecule has 1 fully saturated rings. The number of methoxy groups -OCH3 is 1. The summed E-state index contributed by atoms with van der Waals surface area (Å²) in [5.74, 6) is 0.322. The van der Waals surface area contributed by atoms with E-state index in [9.17, 15) is 9.18 Å². The molecule has 27 heavy (non-hydrogen) atoms. The van der Waals surface area contributed by atoms with Crippen LogP contribution < -0.4 is 4.74 Å². The van der Waals surface area contributed by atoms with Gasteiger partial charge in [0, 0.05) is 10.0 Å². The van der Waals surface area contributed by atoms with Gasteiger partial charge in [-0.15, -0.1) is 5.10 Å². The highest BCUT2D eigenvalue weighted by molar-refractivity contribution is 9.10. The second-order valence-corrected chi connectivity index (χ2v) is 8.05. The summed E-state index contributed by atoms with van der Waals surface area (Å²) in [6, 6.07) is 11.6. The lowest BCUT2D eigenvalue weighted by molar-refractivity contribution is -0.126. The van der Waals surface area contributed by atoms with Crippen LogP contribution in [-0.4, -0.2) is 34.5 Å². The van der Waals surface area contributed by atoms with Crippen LogP contribution in [-0.2, 0) is 11.3 Å². The Kier molecular flexibility index (Phi) is 6.28. The minimum atomic E-state index is -0.310. The third-order valence-electron chi connectivity index (χ3n) is 3.91. The van der Waals surface area contributed by atoms with Gasteiger partial charge in [-0.25, -0.2) is 4.39 Å². The molecule has 140 valence electrons. The van der Waals surface area contributed by atoms with Gasteiger partial charge in [0.15, 0.2) is 5.17 Å². The molecule has 5 nitrogen and oxygen atoms in total. The monoisotopic (exact) mass is 449 g/mol. The molecule has 1 aliphatic rings. The van der Waals surface area contributed by atoms with Gasteiger partial charge in [-0.05, 0) is 42.8 Å². The van der Waals surface area contributed by atoms with Crippen molar-refractivity contribution in [1.82, 2.24) is 4.90 Å². The molecule has 2 aromatic rings. The zero-order valence-electron chi connectivity index (χ0n) is 14.7. The Labute approximate surface area is 169 Å². The number of thioether (sulfide) groups is 1. The number of carbonyl (C=O) groups is 1. The van der Waals surface area contributed by atoms with Crippen LogP contribution in [0.4, 0.5) is 4.39 Å². The smallest absolute Gasteiger partial charge is 0.242 e. The molecule has 8 heteroatoms. The fourth-order valence-corrected chi connectivity index (χ4v) is 3.83. The summed E-state index contributed by atoms with van der Waals surface area (Å²) in [7, 11) is 1.59. The van der Waals surface area contributed by atoms with E-state index < -0.39 is 0 Å². The van der Waals surface area contributed by atoms with Gasteiger partial charge in [0.25, 0.3) is 0 Å². The van der Waals surface area contributed by atoms with Crippen LogP contribution >= 0.6 is 27.7 Å². The van der Waals surface area contributed by atoms with Crippen LogP contribution in [0.25, 0.3) is 0 Å². The average Bonchev–Trinajstić information content (AvgIpc) is 2.91. The second-order valence-electron chi connectivity index (χ2n) is 5.82. The van der Waals surface area contributed by atoms with Gasteiger partial charge in [0.05, 0.1) is 25.1 Å². The van der Waals surface area contributed by atoms with Crippen molar-refractivity contribution in [1.29, 1.82) is 0 Å². The summed E-state index contributed by atoms with van der Waals surface area (Å²) in [5, 5.41) is 8.64. The molecule has 0 saturated carbocycles. The average molecular weight is 450 g/mol. The minimum absolute atomic E-state index is 0.0432. The van der Waals surface area contributed by atoms with Crippen molar-refractivity contribution in [3.63, 3.8) is 0 Å². The predicted molar refractivity (Wildman–Crippen MR) is 110 cm³/mol. The molecule has 0 spiro atoms. The van der Waals surface area contributed by atoms with E-state index in [2.05, 4.69) is 26.1 Å². The molecule has 1 aliphatic heterocycles. The van der Waals surface area contributed by atoms with E-state index in [1.54, 1.807) is 30.4 Å². The summed E-state index contributed by atoms with van der Waals surface area (Å²) < 4.78 is 19.3. The van der Waals surface area contributed by atoms with E-state index >= 15 is 0 Å². The Balaban J connectivity index is 1.81. The molecule has 0 aliphatic carbocycles. The van der Waals surface area contributed by atoms with Gasteiger partial charge in [0.2, 0.25) is 5.91 Å². The normalized spacial score (nSPS) is 18.7. The van der Waals surface area contributed by atoms with Crippen molar-refractivity contribution in [3.8, 4) is 5.75 Å². The van der Waals surface area contributed by atoms with E-state index in [1.807, 2.05) is 25.1 Å². The molecule has 0 bridgehead atoms. The van der Waals surface area contributed by atoms with Crippen LogP contribution in [0.5, 0.6) is 5.75 Å². The molecule has 1 atom stereocenters. The second kappa shape index (κ2) is 8.67. The maximum atomic E-state index is 13.1. The molecule has 0 radical (unpaired) electrons. The number of ether oxygens (including phenoxy) is 1. The van der Waals surface area contributed by atoms with Crippen LogP contribution in [0.15, 0.2) is 57.1 Å². The van der Waals surface area contributed by atoms with E-state index in [0.29, 0.717) is 17.5 Å². The van der Waals surface area contributed by atoms with Crippen molar-refractivity contribution in [2.24, 2.45) is 10.2 Å². The fraction of sp³-hybridized carbons (Fsp3) is 0.211. The fourth-order valence-electron chi connectivity index (χ4n) is 2.53. The minimum Gasteiger partial charge on any atom is -0.496 e. The maximum absolute atomic E-state index is 13.1. The van der Waals surface area contributed by atoms with Crippen molar-refractivity contribution in [2.75, 3.05) is 7.11 Å². The zero-order valence-corrected chi connectivity index (χ0v) is 17.1. The predicted octanol–water partition coefficient (Wildman–Crippen LogP) is 4.45. The standard InChI is InChI=1S/C19H17BrFN3O2S/c1-12-18(25)24(11-13-3-6-16(21)7-4-13)19(27-12)23-22-10-14-9-15(20)5-8-17(14)26-2/h3-10,12H,11H2,1-2H3/b22-10-,23-19-/t12-/m1/s1. The number of hydrogen-bond donors (Lipinski definition) is 0. The van der Waals surface area contributed by atoms with E-state index in [0.717, 1.165) is 15.6 Å². The Morgan fingerprint density at radius 2 is 2.04 bits per heavy atom. The number of nitrogens with zero attached hydrogens (tertiary/aromatic N) is 3. The first-order valence-corrected chi connectivity index (χ1v) is 9.82. The van der Waals surface area contributed by atoms with Gasteiger partial charge < -0.3 is 4.74 Å². The number of rotatable bonds is 5. The quantitative estimate of drug-likeness (QED) is 0.500. The van der Waals surface area contributed by atoms with Gasteiger partial charge in [-0.2, -0.15) is 5.10 Å². The van der Waals surface area contributed by atoms with Crippen molar-refractivity contribution < 1.29 is 13.9 Å². The third kappa shape index (κ3) is 4.75. The summed E-state index contributed by atoms with van der Waals surface area (Å²) in [4.78, 5) is 14.0. The highest BCUT2D eigenvalue weighted by Gasteiger charge is 2.35. The lowest BCUT2D eigenvalue weighted by Gasteiger charge is -2.15. The van der Waals surface area contributed by atoms with Crippen molar-refractivity contribution in [3.05, 3.63) is 63.9 Å². The molecule has 1 saturated heterocycles. The lowest BCUT2D eigenvalue weighted by atomic mass is 10.2. The summed E-state index contributed by atoms with van der Waals surface area (Å²) in [6.07, 6.45) is 1.58. The number of amidine groups is 1. The summed E-state index contributed by atoms with van der Waals surface area (Å²) in [6.45, 7) is 2.15. The molecule has 0 aromatic heterocycles. The number of amides is 1. The molecular formula is C19H17BrFN3O2S. The van der Waals surface area contributed by atoms with Gasteiger partial charge >= 0.3 is 0 Å². The Morgan fingerprint density at radius 1 is 1.30 bits per heavy atom. The first-order chi connectivity index (χ1) is 13.0. The van der Waals surface area contributed by atoms with Gasteiger partial charge in [-0.3, -0.25) is 9.69 Å². The number of halogens is 2. The molecule has 3 rings (SSSR count). The Morgan fingerprint density at radius 3 is 2.74 bits per heavy atom. The number of carbonyl (C=O) groups excluding carboxylic acids is 1. The van der Waals surface area contributed by atoms with Crippen LogP contribution in [0, 0.1) is 5.82 Å². The van der Waals surface area contributed by atoms with Crippen molar-refractivity contribution >= 4 is 45.0 Å². The third-order valence-corrected chi connectivity index (χ3v) is 5.47. The molecule has 1 heterocycles. The first-order valence-electron chi connectivity index (χ1n) is 8.15. The number of benzene rings is 2. The van der Waals surface area contributed by atoms with Crippen LogP contribution in [0.2, 0.25) is 0 Å². The van der Waals surface area contributed by atoms with Crippen molar-refractivity contribution in [2.45, 2.75) is 18.7 Å². The maximum Gasteiger partial charge on any atom is 0.242 e. The summed E-state index contributed by atoms with van der Waals surface area (Å²) >= 11 is 4.76. The highest BCUT2D eigenvalue weighted by atomic mass is 79.9. The Hall–Kier alpha value is -2.19. The van der Waals surface area contributed by atoms with E-state index in [4.69, 9.17) is 4.74 Å². The topological polar surface area (TPSA) is 54.3 Å². The summed E-state index contributed by atoms with van der Waals surface area (Å²) in [5.41, 5.74) is 1.59. The number of hydrogen-bond acceptors (Lipinski definition) is 5. The molecule has 2 aromatic carbocycles. The first kappa shape index (κ1) is 19.6. The van der Waals surface area contributed by atoms with Crippen LogP contribution in [0.1, 0.15) is 18.1 Å². The van der Waals surface area contributed by atoms with E-state index in [-0.39, 0.29) is 17.0 Å². The van der Waals surface area contributed by atoms with E-state index in [1.165, 1.54) is 23.9 Å². The van der Waals surface area contributed by atoms with Gasteiger partial charge in [0.1, 0.15) is 11.6 Å². The SMILES string of the molecule is COc1ccc(Br)cc1/C=N\N=C1/S[C@H](C)C(=O)N1Cc1ccc(F)cc1. The zero-order chi connectivity index (χ0) is 19.4. The molecule has 0 unspecified atom stereocenters. The largest absolute Gasteiger partial charge is 0.496 e. The highest BCUT2D eigenvalue weighted by Crippen LogP contribution is 2.28.